The minimum Gasteiger partial charge on any atom is -0.497 e. The number of rotatable bonds is 6. The van der Waals surface area contributed by atoms with Crippen LogP contribution in [0.25, 0.3) is 11.0 Å². The first kappa shape index (κ1) is 23.1. The summed E-state index contributed by atoms with van der Waals surface area (Å²) < 4.78 is 51.3. The number of thiazole rings is 1. The zero-order chi connectivity index (χ0) is 23.8. The van der Waals surface area contributed by atoms with Crippen molar-refractivity contribution in [3.63, 3.8) is 0 Å². The van der Waals surface area contributed by atoms with E-state index in [1.165, 1.54) is 12.1 Å². The molecule has 0 amide bonds. The molecule has 2 aromatic carbocycles. The normalized spacial score (nSPS) is 12.5. The Morgan fingerprint density at radius 2 is 1.91 bits per heavy atom. The molecule has 0 saturated heterocycles. The van der Waals surface area contributed by atoms with Gasteiger partial charge in [0.15, 0.2) is 5.82 Å². The second kappa shape index (κ2) is 9.03. The molecule has 0 unspecified atom stereocenters. The Labute approximate surface area is 194 Å². The fourth-order valence-electron chi connectivity index (χ4n) is 3.31. The van der Waals surface area contributed by atoms with E-state index >= 15 is 0 Å². The van der Waals surface area contributed by atoms with E-state index in [4.69, 9.17) is 21.1 Å². The molecule has 2 aromatic heterocycles. The molecule has 0 bridgehead atoms. The number of alkyl halides is 3. The average Bonchev–Trinajstić information content (AvgIpc) is 3.31. The maximum Gasteiger partial charge on any atom is 0.417 e. The molecular formula is C22H17ClF3N3O3S. The number of hydrogen-bond donors (Lipinski definition) is 0. The second-order valence-electron chi connectivity index (χ2n) is 7.05. The molecule has 0 atom stereocenters. The molecule has 2 heterocycles. The van der Waals surface area contributed by atoms with E-state index in [0.717, 1.165) is 33.5 Å². The van der Waals surface area contributed by atoms with Gasteiger partial charge in [0.05, 0.1) is 29.3 Å². The molecule has 0 aliphatic rings. The summed E-state index contributed by atoms with van der Waals surface area (Å²) in [7, 11) is 3.16. The van der Waals surface area contributed by atoms with Gasteiger partial charge in [0, 0.05) is 6.42 Å². The van der Waals surface area contributed by atoms with Crippen LogP contribution in [0.15, 0.2) is 41.2 Å². The molecular weight excluding hydrogens is 479 g/mol. The van der Waals surface area contributed by atoms with E-state index in [9.17, 15) is 18.0 Å². The molecule has 0 aliphatic heterocycles. The predicted molar refractivity (Wildman–Crippen MR) is 119 cm³/mol. The number of methoxy groups -OCH3 is 2. The summed E-state index contributed by atoms with van der Waals surface area (Å²) in [6, 6.07) is 8.96. The summed E-state index contributed by atoms with van der Waals surface area (Å²) in [6.07, 6.45) is -2.19. The van der Waals surface area contributed by atoms with E-state index < -0.39 is 22.3 Å². The highest BCUT2D eigenvalue weighted by atomic mass is 35.5. The Kier molecular flexibility index (Phi) is 6.31. The van der Waals surface area contributed by atoms with E-state index in [1.807, 2.05) is 12.1 Å². The summed E-state index contributed by atoms with van der Waals surface area (Å²) in [5.41, 5.74) is -0.287. The molecule has 33 heavy (non-hydrogen) atoms. The first-order valence-electron chi connectivity index (χ1n) is 9.67. The van der Waals surface area contributed by atoms with E-state index in [0.29, 0.717) is 35.1 Å². The Hall–Kier alpha value is -3.11. The minimum absolute atomic E-state index is 0.207. The van der Waals surface area contributed by atoms with E-state index in [-0.39, 0.29) is 10.1 Å². The van der Waals surface area contributed by atoms with Gasteiger partial charge in [-0.15, -0.1) is 5.10 Å². The Balaban J connectivity index is 1.61. The van der Waals surface area contributed by atoms with Crippen molar-refractivity contribution in [2.45, 2.75) is 19.0 Å². The largest absolute Gasteiger partial charge is 0.497 e. The zero-order valence-electron chi connectivity index (χ0n) is 17.4. The fraction of sp³-hybridized carbons (Fsp3) is 0.227. The van der Waals surface area contributed by atoms with Gasteiger partial charge >= 0.3 is 6.18 Å². The summed E-state index contributed by atoms with van der Waals surface area (Å²) in [6.45, 7) is 0. The van der Waals surface area contributed by atoms with Gasteiger partial charge in [0.1, 0.15) is 11.5 Å². The van der Waals surface area contributed by atoms with Crippen molar-refractivity contribution < 1.29 is 22.6 Å². The van der Waals surface area contributed by atoms with Crippen LogP contribution in [0, 0.1) is 0 Å². The third kappa shape index (κ3) is 4.81. The van der Waals surface area contributed by atoms with Crippen molar-refractivity contribution in [3.8, 4) is 11.5 Å². The molecule has 4 rings (SSSR count). The second-order valence-corrected chi connectivity index (χ2v) is 8.47. The quantitative estimate of drug-likeness (QED) is 0.401. The van der Waals surface area contributed by atoms with Crippen LogP contribution in [0.5, 0.6) is 11.5 Å². The average molecular weight is 496 g/mol. The van der Waals surface area contributed by atoms with Crippen molar-refractivity contribution >= 4 is 34.0 Å². The highest BCUT2D eigenvalue weighted by molar-refractivity contribution is 7.15. The van der Waals surface area contributed by atoms with Gasteiger partial charge in [0.2, 0.25) is 4.96 Å². The lowest BCUT2D eigenvalue weighted by atomic mass is 10.1. The van der Waals surface area contributed by atoms with Crippen LogP contribution in [0.3, 0.4) is 0 Å². The fourth-order valence-corrected chi connectivity index (χ4v) is 4.46. The molecule has 0 fully saturated rings. The van der Waals surface area contributed by atoms with E-state index in [2.05, 4.69) is 10.1 Å². The van der Waals surface area contributed by atoms with Crippen molar-refractivity contribution in [2.24, 2.45) is 0 Å². The smallest absolute Gasteiger partial charge is 0.417 e. The van der Waals surface area contributed by atoms with Crippen LogP contribution in [0.1, 0.15) is 22.5 Å². The van der Waals surface area contributed by atoms with Crippen molar-refractivity contribution in [1.82, 2.24) is 14.6 Å². The summed E-state index contributed by atoms with van der Waals surface area (Å²) in [5, 5.41) is 3.87. The molecule has 0 saturated carbocycles. The number of aromatic nitrogens is 3. The number of halogens is 4. The third-order valence-corrected chi connectivity index (χ3v) is 6.21. The molecule has 0 spiro atoms. The van der Waals surface area contributed by atoms with Gasteiger partial charge < -0.3 is 9.47 Å². The molecule has 4 aromatic rings. The lowest BCUT2D eigenvalue weighted by molar-refractivity contribution is -0.137. The van der Waals surface area contributed by atoms with Crippen molar-refractivity contribution in [3.05, 3.63) is 78.8 Å². The van der Waals surface area contributed by atoms with Crippen molar-refractivity contribution in [1.29, 1.82) is 0 Å². The van der Waals surface area contributed by atoms with Crippen LogP contribution in [-0.4, -0.2) is 28.8 Å². The van der Waals surface area contributed by atoms with E-state index in [1.54, 1.807) is 20.3 Å². The molecule has 0 aliphatic carbocycles. The Morgan fingerprint density at radius 1 is 1.12 bits per heavy atom. The maximum atomic E-state index is 13.1. The van der Waals surface area contributed by atoms with Crippen LogP contribution >= 0.6 is 22.9 Å². The summed E-state index contributed by atoms with van der Waals surface area (Å²) >= 11 is 6.71. The Bertz CT molecular complexity index is 1430. The predicted octanol–water partition coefficient (Wildman–Crippen LogP) is 4.17. The first-order valence-corrected chi connectivity index (χ1v) is 10.9. The van der Waals surface area contributed by atoms with Crippen LogP contribution < -0.4 is 19.6 Å². The van der Waals surface area contributed by atoms with Gasteiger partial charge in [-0.3, -0.25) is 4.79 Å². The minimum atomic E-state index is -4.59. The number of benzene rings is 2. The van der Waals surface area contributed by atoms with Crippen molar-refractivity contribution in [2.75, 3.05) is 14.2 Å². The third-order valence-electron chi connectivity index (χ3n) is 4.92. The van der Waals surface area contributed by atoms with Crippen LogP contribution in [0.2, 0.25) is 5.02 Å². The lowest BCUT2D eigenvalue weighted by Crippen LogP contribution is -2.24. The molecule has 0 radical (unpaired) electrons. The number of aryl methyl sites for hydroxylation is 2. The maximum absolute atomic E-state index is 13.1. The lowest BCUT2D eigenvalue weighted by Gasteiger charge is -2.09. The molecule has 172 valence electrons. The van der Waals surface area contributed by atoms with Crippen LogP contribution in [0.4, 0.5) is 13.2 Å². The van der Waals surface area contributed by atoms with Gasteiger partial charge in [-0.05, 0) is 54.0 Å². The SMILES string of the molecule is COc1ccc(OC)c(CCc2nc3s/c(=C\c4ccc(Cl)c(C(F)(F)F)c4)c(=O)n3n2)c1. The molecule has 11 heteroatoms. The number of nitrogens with zero attached hydrogens (tertiary/aromatic N) is 3. The highest BCUT2D eigenvalue weighted by Crippen LogP contribution is 2.35. The summed E-state index contributed by atoms with van der Waals surface area (Å²) in [4.78, 5) is 17.5. The molecule has 6 nitrogen and oxygen atoms in total. The van der Waals surface area contributed by atoms with Gasteiger partial charge in [-0.25, -0.2) is 4.98 Å². The monoisotopic (exact) mass is 495 g/mol. The summed E-state index contributed by atoms with van der Waals surface area (Å²) in [5.74, 6) is 1.88. The zero-order valence-corrected chi connectivity index (χ0v) is 19.0. The van der Waals surface area contributed by atoms with Gasteiger partial charge in [-0.2, -0.15) is 17.7 Å². The number of fused-ring (bicyclic) bond motifs is 1. The number of hydrogen-bond acceptors (Lipinski definition) is 6. The van der Waals surface area contributed by atoms with Gasteiger partial charge in [-0.1, -0.05) is 29.0 Å². The topological polar surface area (TPSA) is 65.7 Å². The standard InChI is InChI=1S/C22H17ClF3N3O3S/c1-31-14-5-7-17(32-2)13(11-14)4-8-19-27-21-29(28-19)20(30)18(33-21)10-12-3-6-16(23)15(9-12)22(24,25)26/h3,5-7,9-11H,4,8H2,1-2H3/b18-10-. The Morgan fingerprint density at radius 3 is 2.58 bits per heavy atom. The molecule has 0 N–H and O–H groups in total. The van der Waals surface area contributed by atoms with Crippen LogP contribution in [-0.2, 0) is 19.0 Å². The first-order chi connectivity index (χ1) is 15.7. The highest BCUT2D eigenvalue weighted by Gasteiger charge is 2.33. The van der Waals surface area contributed by atoms with Gasteiger partial charge in [0.25, 0.3) is 5.56 Å². The number of ether oxygens (including phenoxy) is 2.